The summed E-state index contributed by atoms with van der Waals surface area (Å²) in [5.41, 5.74) is 0. The van der Waals surface area contributed by atoms with Gasteiger partial charge in [-0.2, -0.15) is 0 Å². The summed E-state index contributed by atoms with van der Waals surface area (Å²) >= 11 is 17.1. The molecule has 0 amide bonds. The Morgan fingerprint density at radius 2 is 1.58 bits per heavy atom. The Kier molecular flexibility index (Phi) is 2.99. The number of halogens is 3. The zero-order chi connectivity index (χ0) is 9.30. The molecule has 3 nitrogen and oxygen atoms in total. The minimum atomic E-state index is 0.118. The van der Waals surface area contributed by atoms with E-state index in [1.807, 2.05) is 0 Å². The van der Waals surface area contributed by atoms with Gasteiger partial charge in [0, 0.05) is 14.1 Å². The molecular formula is C6H6Cl3N3. The van der Waals surface area contributed by atoms with E-state index in [-0.39, 0.29) is 10.2 Å². The second-order valence-electron chi connectivity index (χ2n) is 2.34. The van der Waals surface area contributed by atoms with E-state index in [9.17, 15) is 0 Å². The first-order valence-electron chi connectivity index (χ1n) is 3.08. The molecule has 0 bridgehead atoms. The highest BCUT2D eigenvalue weighted by atomic mass is 35.5. The molecule has 0 aromatic carbocycles. The third kappa shape index (κ3) is 1.73. The van der Waals surface area contributed by atoms with Crippen molar-refractivity contribution >= 4 is 40.6 Å². The average Bonchev–Trinajstić information content (AvgIpc) is 2.00. The SMILES string of the molecule is CN(C)c1nnc(Cl)c(Cl)c1Cl. The Hall–Kier alpha value is -0.250. The van der Waals surface area contributed by atoms with Crippen molar-refractivity contribution < 1.29 is 0 Å². The van der Waals surface area contributed by atoms with Crippen molar-refractivity contribution in [3.05, 3.63) is 15.2 Å². The quantitative estimate of drug-likeness (QED) is 0.737. The van der Waals surface area contributed by atoms with Crippen molar-refractivity contribution in [2.24, 2.45) is 0 Å². The summed E-state index contributed by atoms with van der Waals surface area (Å²) < 4.78 is 0. The van der Waals surface area contributed by atoms with Crippen LogP contribution in [-0.2, 0) is 0 Å². The summed E-state index contributed by atoms with van der Waals surface area (Å²) in [6.07, 6.45) is 0. The number of hydrogen-bond acceptors (Lipinski definition) is 3. The highest BCUT2D eigenvalue weighted by Gasteiger charge is 2.12. The van der Waals surface area contributed by atoms with Gasteiger partial charge in [0.2, 0.25) is 0 Å². The molecular weight excluding hydrogens is 220 g/mol. The first kappa shape index (κ1) is 9.84. The fourth-order valence-corrected chi connectivity index (χ4v) is 1.25. The van der Waals surface area contributed by atoms with Gasteiger partial charge in [-0.3, -0.25) is 0 Å². The van der Waals surface area contributed by atoms with Crippen LogP contribution in [0.15, 0.2) is 0 Å². The molecule has 1 aromatic heterocycles. The third-order valence-corrected chi connectivity index (χ3v) is 2.41. The maximum absolute atomic E-state index is 5.83. The predicted molar refractivity (Wildman–Crippen MR) is 51.4 cm³/mol. The standard InChI is InChI=1S/C6H6Cl3N3/c1-12(2)6-4(8)3(7)5(9)10-11-6/h1-2H3. The normalized spacial score (nSPS) is 10.1. The third-order valence-electron chi connectivity index (χ3n) is 1.23. The van der Waals surface area contributed by atoms with Crippen LogP contribution in [0.5, 0.6) is 0 Å². The lowest BCUT2D eigenvalue weighted by atomic mass is 10.5. The Balaban J connectivity index is 3.27. The zero-order valence-electron chi connectivity index (χ0n) is 6.48. The summed E-state index contributed by atoms with van der Waals surface area (Å²) in [5, 5.41) is 8.06. The van der Waals surface area contributed by atoms with E-state index in [1.54, 1.807) is 19.0 Å². The van der Waals surface area contributed by atoms with E-state index < -0.39 is 0 Å². The summed E-state index contributed by atoms with van der Waals surface area (Å²) in [4.78, 5) is 1.71. The molecule has 0 spiro atoms. The molecule has 1 rings (SSSR count). The van der Waals surface area contributed by atoms with Crippen LogP contribution >= 0.6 is 34.8 Å². The van der Waals surface area contributed by atoms with Crippen molar-refractivity contribution in [1.29, 1.82) is 0 Å². The minimum Gasteiger partial charge on any atom is -0.360 e. The molecule has 0 fully saturated rings. The van der Waals surface area contributed by atoms with Gasteiger partial charge < -0.3 is 4.90 Å². The van der Waals surface area contributed by atoms with Crippen molar-refractivity contribution in [1.82, 2.24) is 10.2 Å². The van der Waals surface area contributed by atoms with E-state index in [4.69, 9.17) is 34.8 Å². The van der Waals surface area contributed by atoms with Crippen LogP contribution in [0.25, 0.3) is 0 Å². The van der Waals surface area contributed by atoms with E-state index in [0.717, 1.165) is 0 Å². The van der Waals surface area contributed by atoms with Crippen LogP contribution in [0.1, 0.15) is 0 Å². The van der Waals surface area contributed by atoms with Gasteiger partial charge in [-0.1, -0.05) is 34.8 Å². The summed E-state index contributed by atoms with van der Waals surface area (Å²) in [6.45, 7) is 0. The largest absolute Gasteiger partial charge is 0.360 e. The number of rotatable bonds is 1. The summed E-state index contributed by atoms with van der Waals surface area (Å²) in [5.74, 6) is 0.506. The van der Waals surface area contributed by atoms with Crippen molar-refractivity contribution in [2.45, 2.75) is 0 Å². The first-order valence-corrected chi connectivity index (χ1v) is 4.22. The van der Waals surface area contributed by atoms with Crippen LogP contribution in [0.4, 0.5) is 5.82 Å². The predicted octanol–water partition coefficient (Wildman–Crippen LogP) is 2.50. The molecule has 0 atom stereocenters. The van der Waals surface area contributed by atoms with Gasteiger partial charge >= 0.3 is 0 Å². The smallest absolute Gasteiger partial charge is 0.171 e. The van der Waals surface area contributed by atoms with Crippen LogP contribution in [0.2, 0.25) is 15.2 Å². The summed E-state index contributed by atoms with van der Waals surface area (Å²) in [7, 11) is 3.58. The van der Waals surface area contributed by atoms with E-state index in [2.05, 4.69) is 10.2 Å². The highest BCUT2D eigenvalue weighted by molar-refractivity contribution is 6.48. The Labute approximate surface area is 85.2 Å². The molecule has 1 aromatic rings. The van der Waals surface area contributed by atoms with Gasteiger partial charge in [-0.25, -0.2) is 0 Å². The molecule has 0 radical (unpaired) electrons. The molecule has 0 saturated heterocycles. The lowest BCUT2D eigenvalue weighted by molar-refractivity contribution is 0.965. The van der Waals surface area contributed by atoms with Gasteiger partial charge in [0.15, 0.2) is 11.0 Å². The van der Waals surface area contributed by atoms with Gasteiger partial charge in [0.1, 0.15) is 10.0 Å². The second-order valence-corrected chi connectivity index (χ2v) is 3.45. The summed E-state index contributed by atoms with van der Waals surface area (Å²) in [6, 6.07) is 0. The molecule has 0 aliphatic heterocycles. The lowest BCUT2D eigenvalue weighted by Gasteiger charge is -2.12. The molecule has 0 unspecified atom stereocenters. The molecule has 66 valence electrons. The van der Waals surface area contributed by atoms with Crippen molar-refractivity contribution in [2.75, 3.05) is 19.0 Å². The van der Waals surface area contributed by atoms with E-state index in [1.165, 1.54) is 0 Å². The molecule has 6 heteroatoms. The van der Waals surface area contributed by atoms with E-state index >= 15 is 0 Å². The Bertz CT molecular complexity index is 300. The molecule has 12 heavy (non-hydrogen) atoms. The monoisotopic (exact) mass is 225 g/mol. The number of nitrogens with zero attached hydrogens (tertiary/aromatic N) is 3. The molecule has 0 aliphatic carbocycles. The van der Waals surface area contributed by atoms with Gasteiger partial charge in [-0.05, 0) is 0 Å². The topological polar surface area (TPSA) is 29.0 Å². The zero-order valence-corrected chi connectivity index (χ0v) is 8.74. The number of aromatic nitrogens is 2. The Morgan fingerprint density at radius 1 is 1.00 bits per heavy atom. The fraction of sp³-hybridized carbons (Fsp3) is 0.333. The van der Waals surface area contributed by atoms with Crippen LogP contribution in [0.3, 0.4) is 0 Å². The van der Waals surface area contributed by atoms with Gasteiger partial charge in [0.05, 0.1) is 0 Å². The van der Waals surface area contributed by atoms with Crippen LogP contribution < -0.4 is 4.90 Å². The average molecular weight is 226 g/mol. The maximum atomic E-state index is 5.83. The molecule has 0 N–H and O–H groups in total. The molecule has 0 aliphatic rings. The number of hydrogen-bond donors (Lipinski definition) is 0. The highest BCUT2D eigenvalue weighted by Crippen LogP contribution is 2.33. The number of anilines is 1. The Morgan fingerprint density at radius 3 is 2.08 bits per heavy atom. The second kappa shape index (κ2) is 3.64. The lowest BCUT2D eigenvalue weighted by Crippen LogP contribution is -2.12. The first-order chi connectivity index (χ1) is 5.54. The van der Waals surface area contributed by atoms with Crippen LogP contribution in [0, 0.1) is 0 Å². The van der Waals surface area contributed by atoms with Gasteiger partial charge in [0.25, 0.3) is 0 Å². The van der Waals surface area contributed by atoms with Gasteiger partial charge in [-0.15, -0.1) is 10.2 Å². The minimum absolute atomic E-state index is 0.118. The van der Waals surface area contributed by atoms with E-state index in [0.29, 0.717) is 10.8 Å². The maximum Gasteiger partial charge on any atom is 0.171 e. The molecule has 1 heterocycles. The van der Waals surface area contributed by atoms with Crippen LogP contribution in [-0.4, -0.2) is 24.3 Å². The fourth-order valence-electron chi connectivity index (χ4n) is 0.654. The van der Waals surface area contributed by atoms with Crippen molar-refractivity contribution in [3.8, 4) is 0 Å². The molecule has 0 saturated carbocycles. The van der Waals surface area contributed by atoms with Crippen molar-refractivity contribution in [3.63, 3.8) is 0 Å².